The first kappa shape index (κ1) is 20.9. The Hall–Kier alpha value is -3.44. The van der Waals surface area contributed by atoms with Crippen LogP contribution in [0.4, 0.5) is 24.8 Å². The number of carboxylic acid groups (broad SMARTS) is 1. The molecule has 3 aromatic rings. The molecule has 0 saturated heterocycles. The van der Waals surface area contributed by atoms with Crippen molar-refractivity contribution in [1.29, 1.82) is 0 Å². The molecule has 0 amide bonds. The zero-order valence-electron chi connectivity index (χ0n) is 15.5. The normalized spacial score (nSPS) is 11.0. The van der Waals surface area contributed by atoms with E-state index in [1.807, 2.05) is 46.1 Å². The Morgan fingerprint density at radius 3 is 2.25 bits per heavy atom. The monoisotopic (exact) mass is 397 g/mol. The van der Waals surface area contributed by atoms with E-state index in [-0.39, 0.29) is 0 Å². The third kappa shape index (κ3) is 5.28. The number of aromatic nitrogens is 6. The Morgan fingerprint density at radius 2 is 1.79 bits per heavy atom. The first-order valence-electron chi connectivity index (χ1n) is 7.90. The molecule has 0 aliphatic heterocycles. The number of nitrogens with one attached hydrogen (secondary N) is 1. The maximum absolute atomic E-state index is 10.6. The summed E-state index contributed by atoms with van der Waals surface area (Å²) in [4.78, 5) is 17.4. The fourth-order valence-electron chi connectivity index (χ4n) is 2.24. The molecular weight excluding hydrogens is 379 g/mol. The molecule has 0 aliphatic carbocycles. The number of rotatable bonds is 3. The number of nitrogens with zero attached hydrogens (tertiary/aromatic N) is 6. The number of aliphatic carboxylic acids is 1. The number of anilines is 2. The highest BCUT2D eigenvalue weighted by atomic mass is 19.4. The number of carboxylic acids is 1. The van der Waals surface area contributed by atoms with Crippen molar-refractivity contribution < 1.29 is 23.1 Å². The summed E-state index contributed by atoms with van der Waals surface area (Å²) in [5, 5.41) is 19.1. The van der Waals surface area contributed by atoms with Gasteiger partial charge in [-0.3, -0.25) is 4.68 Å². The lowest BCUT2D eigenvalue weighted by Gasteiger charge is -2.06. The highest BCUT2D eigenvalue weighted by molar-refractivity contribution is 5.73. The molecule has 150 valence electrons. The van der Waals surface area contributed by atoms with Crippen LogP contribution in [-0.4, -0.2) is 46.8 Å². The van der Waals surface area contributed by atoms with Crippen molar-refractivity contribution in [2.45, 2.75) is 26.9 Å². The SMILES string of the molecule is Cc1cc(C)n(-c2cc(Nc3nn(C)cc3C)ncn2)n1.O=C(O)C(F)(F)F. The smallest absolute Gasteiger partial charge is 0.475 e. The average Bonchev–Trinajstić information content (AvgIpc) is 3.08. The van der Waals surface area contributed by atoms with E-state index in [9.17, 15) is 13.2 Å². The molecule has 3 aromatic heterocycles. The zero-order chi connectivity index (χ0) is 21.1. The second-order valence-corrected chi connectivity index (χ2v) is 5.86. The molecule has 2 N–H and O–H groups in total. The number of halogens is 3. The number of alkyl halides is 3. The summed E-state index contributed by atoms with van der Waals surface area (Å²) in [6.07, 6.45) is -1.61. The van der Waals surface area contributed by atoms with Crippen LogP contribution in [0.1, 0.15) is 17.0 Å². The van der Waals surface area contributed by atoms with E-state index in [0.717, 1.165) is 28.6 Å². The van der Waals surface area contributed by atoms with Crippen LogP contribution in [-0.2, 0) is 11.8 Å². The molecule has 0 unspecified atom stereocenters. The van der Waals surface area contributed by atoms with Gasteiger partial charge in [0.1, 0.15) is 12.1 Å². The fourth-order valence-corrected chi connectivity index (χ4v) is 2.24. The molecule has 9 nitrogen and oxygen atoms in total. The van der Waals surface area contributed by atoms with Crippen molar-refractivity contribution in [1.82, 2.24) is 29.5 Å². The summed E-state index contributed by atoms with van der Waals surface area (Å²) < 4.78 is 35.3. The van der Waals surface area contributed by atoms with Crippen molar-refractivity contribution in [2.24, 2.45) is 7.05 Å². The molecular formula is C16H18F3N7O2. The Kier molecular flexibility index (Phi) is 6.01. The van der Waals surface area contributed by atoms with Crippen molar-refractivity contribution in [2.75, 3.05) is 5.32 Å². The summed E-state index contributed by atoms with van der Waals surface area (Å²) >= 11 is 0. The lowest BCUT2D eigenvalue weighted by molar-refractivity contribution is -0.192. The molecule has 0 saturated carbocycles. The number of aryl methyl sites for hydroxylation is 4. The van der Waals surface area contributed by atoms with Crippen LogP contribution in [0, 0.1) is 20.8 Å². The van der Waals surface area contributed by atoms with E-state index < -0.39 is 12.1 Å². The van der Waals surface area contributed by atoms with Gasteiger partial charge < -0.3 is 10.4 Å². The summed E-state index contributed by atoms with van der Waals surface area (Å²) in [7, 11) is 1.89. The molecule has 0 atom stereocenters. The van der Waals surface area contributed by atoms with Crippen LogP contribution in [0.15, 0.2) is 24.7 Å². The van der Waals surface area contributed by atoms with Crippen molar-refractivity contribution in [3.8, 4) is 5.82 Å². The third-order valence-electron chi connectivity index (χ3n) is 3.38. The molecule has 3 heterocycles. The number of hydrogen-bond donors (Lipinski definition) is 2. The van der Waals surface area contributed by atoms with E-state index in [2.05, 4.69) is 25.5 Å². The molecule has 28 heavy (non-hydrogen) atoms. The molecule has 0 aromatic carbocycles. The van der Waals surface area contributed by atoms with Gasteiger partial charge in [-0.2, -0.15) is 23.4 Å². The highest BCUT2D eigenvalue weighted by Gasteiger charge is 2.38. The summed E-state index contributed by atoms with van der Waals surface area (Å²) in [5.74, 6) is -0.552. The van der Waals surface area contributed by atoms with Crippen LogP contribution in [0.25, 0.3) is 5.82 Å². The van der Waals surface area contributed by atoms with Gasteiger partial charge in [-0.15, -0.1) is 0 Å². The van der Waals surface area contributed by atoms with Crippen molar-refractivity contribution in [3.05, 3.63) is 41.6 Å². The topological polar surface area (TPSA) is 111 Å². The highest BCUT2D eigenvalue weighted by Crippen LogP contribution is 2.18. The largest absolute Gasteiger partial charge is 0.490 e. The molecule has 0 fully saturated rings. The van der Waals surface area contributed by atoms with Gasteiger partial charge in [0, 0.05) is 30.6 Å². The first-order valence-corrected chi connectivity index (χ1v) is 7.90. The van der Waals surface area contributed by atoms with Gasteiger partial charge in [-0.05, 0) is 26.8 Å². The minimum atomic E-state index is -5.08. The van der Waals surface area contributed by atoms with Gasteiger partial charge in [0.2, 0.25) is 0 Å². The van der Waals surface area contributed by atoms with Gasteiger partial charge in [0.05, 0.1) is 5.69 Å². The second kappa shape index (κ2) is 8.06. The maximum Gasteiger partial charge on any atom is 0.490 e. The molecule has 0 aliphatic rings. The van der Waals surface area contributed by atoms with E-state index in [1.54, 1.807) is 9.36 Å². The molecule has 0 radical (unpaired) electrons. The van der Waals surface area contributed by atoms with Crippen LogP contribution in [0.3, 0.4) is 0 Å². The molecule has 12 heteroatoms. The molecule has 0 bridgehead atoms. The minimum absolute atomic E-state index is 0.689. The van der Waals surface area contributed by atoms with E-state index in [1.165, 1.54) is 6.33 Å². The maximum atomic E-state index is 10.6. The van der Waals surface area contributed by atoms with E-state index >= 15 is 0 Å². The van der Waals surface area contributed by atoms with Gasteiger partial charge in [0.25, 0.3) is 0 Å². The van der Waals surface area contributed by atoms with Crippen molar-refractivity contribution in [3.63, 3.8) is 0 Å². The zero-order valence-corrected chi connectivity index (χ0v) is 15.5. The summed E-state index contributed by atoms with van der Waals surface area (Å²) in [5.41, 5.74) is 3.05. The Bertz CT molecular complexity index is 979. The average molecular weight is 397 g/mol. The number of hydrogen-bond acceptors (Lipinski definition) is 6. The lowest BCUT2D eigenvalue weighted by Crippen LogP contribution is -2.21. The van der Waals surface area contributed by atoms with Crippen LogP contribution in [0.2, 0.25) is 0 Å². The third-order valence-corrected chi connectivity index (χ3v) is 3.38. The Labute approximate surface area is 157 Å². The fraction of sp³-hybridized carbons (Fsp3) is 0.312. The van der Waals surface area contributed by atoms with E-state index in [0.29, 0.717) is 5.82 Å². The van der Waals surface area contributed by atoms with Gasteiger partial charge >= 0.3 is 12.1 Å². The van der Waals surface area contributed by atoms with Gasteiger partial charge in [-0.25, -0.2) is 19.4 Å². The Balaban J connectivity index is 0.000000345. The number of carbonyl (C=O) groups is 1. The molecule has 0 spiro atoms. The van der Waals surface area contributed by atoms with Gasteiger partial charge in [-0.1, -0.05) is 0 Å². The van der Waals surface area contributed by atoms with Gasteiger partial charge in [0.15, 0.2) is 11.6 Å². The first-order chi connectivity index (χ1) is 13.0. The minimum Gasteiger partial charge on any atom is -0.475 e. The summed E-state index contributed by atoms with van der Waals surface area (Å²) in [6.45, 7) is 5.96. The standard InChI is InChI=1S/C14H17N7.C2HF3O2/c1-9-7-20(4)19-14(9)17-12-6-13(16-8-15-12)21-11(3)5-10(2)18-21;3-2(4,5)1(6)7/h5-8H,1-4H3,(H,15,16,17,19);(H,6,7). The summed E-state index contributed by atoms with van der Waals surface area (Å²) in [6, 6.07) is 3.87. The predicted molar refractivity (Wildman–Crippen MR) is 93.5 cm³/mol. The predicted octanol–water partition coefficient (Wildman–Crippen LogP) is 2.70. The Morgan fingerprint density at radius 1 is 1.14 bits per heavy atom. The molecule has 3 rings (SSSR count). The second-order valence-electron chi connectivity index (χ2n) is 5.86. The van der Waals surface area contributed by atoms with E-state index in [4.69, 9.17) is 9.90 Å². The van der Waals surface area contributed by atoms with Crippen LogP contribution < -0.4 is 5.32 Å². The van der Waals surface area contributed by atoms with Crippen LogP contribution >= 0.6 is 0 Å². The lowest BCUT2D eigenvalue weighted by atomic mass is 10.3. The van der Waals surface area contributed by atoms with Crippen molar-refractivity contribution >= 4 is 17.6 Å². The van der Waals surface area contributed by atoms with Crippen LogP contribution in [0.5, 0.6) is 0 Å². The quantitative estimate of drug-likeness (QED) is 0.699.